The molecule has 1 rings (SSSR count). The van der Waals surface area contributed by atoms with Gasteiger partial charge in [0.2, 0.25) is 0 Å². The molecule has 1 heterocycles. The predicted molar refractivity (Wildman–Crippen MR) is 206 cm³/mol. The topological polar surface area (TPSA) is 135 Å². The Hall–Kier alpha value is -1.07. The molecule has 0 aliphatic carbocycles. The van der Waals surface area contributed by atoms with Gasteiger partial charge >= 0.3 is 5.97 Å². The first-order chi connectivity index (χ1) is 24.9. The van der Waals surface area contributed by atoms with E-state index < -0.39 is 43.4 Å². The highest BCUT2D eigenvalue weighted by Gasteiger charge is 2.44. The molecule has 6 unspecified atom stereocenters. The minimum absolute atomic E-state index is 0.110. The molecule has 0 spiro atoms. The van der Waals surface area contributed by atoms with Crippen LogP contribution in [-0.4, -0.2) is 89.6 Å². The van der Waals surface area contributed by atoms with Crippen molar-refractivity contribution in [2.75, 3.05) is 26.4 Å². The minimum atomic E-state index is -1.53. The summed E-state index contributed by atoms with van der Waals surface area (Å²) in [7, 11) is 0. The lowest BCUT2D eigenvalue weighted by Crippen LogP contribution is -2.59. The Morgan fingerprint density at radius 1 is 0.608 bits per heavy atom. The van der Waals surface area contributed by atoms with Crippen molar-refractivity contribution in [3.8, 4) is 0 Å². The van der Waals surface area contributed by atoms with Crippen LogP contribution in [0.25, 0.3) is 0 Å². The second-order valence-corrected chi connectivity index (χ2v) is 14.8. The van der Waals surface area contributed by atoms with E-state index in [1.165, 1.54) is 135 Å². The summed E-state index contributed by atoms with van der Waals surface area (Å²) >= 11 is 0. The molecule has 0 saturated carbocycles. The van der Waals surface area contributed by atoms with E-state index in [-0.39, 0.29) is 19.2 Å². The standard InChI is InChI=1S/C42H80O9/c1-3-5-7-9-11-12-13-14-15-16-17-18-19-20-21-22-23-24-25-26-28-30-32-48-34-36(50-38(44)31-29-27-10-8-6-4-2)35-49-42-41(47)40(46)39(45)37(33-43)51-42/h16-17,36-37,39-43,45-47H,3-15,18-35H2,1-2H3/b17-16-. The molecule has 0 amide bonds. The van der Waals surface area contributed by atoms with Crippen molar-refractivity contribution in [1.82, 2.24) is 0 Å². The third-order valence-corrected chi connectivity index (χ3v) is 9.93. The summed E-state index contributed by atoms with van der Waals surface area (Å²) in [6, 6.07) is 0. The summed E-state index contributed by atoms with van der Waals surface area (Å²) in [5.41, 5.74) is 0. The molecule has 0 bridgehead atoms. The van der Waals surface area contributed by atoms with Crippen LogP contribution >= 0.6 is 0 Å². The highest BCUT2D eigenvalue weighted by molar-refractivity contribution is 5.69. The third-order valence-electron chi connectivity index (χ3n) is 9.93. The molecule has 302 valence electrons. The fourth-order valence-corrected chi connectivity index (χ4v) is 6.54. The SMILES string of the molecule is CCCCCCCCCC/C=C\CCCCCCCCCCCCOCC(COC1OC(CO)C(O)C(O)C1O)OC(=O)CCCCCCCC. The number of unbranched alkanes of at least 4 members (excludes halogenated alkanes) is 23. The van der Waals surface area contributed by atoms with Crippen LogP contribution in [0.5, 0.6) is 0 Å². The van der Waals surface area contributed by atoms with Gasteiger partial charge in [-0.2, -0.15) is 0 Å². The van der Waals surface area contributed by atoms with Gasteiger partial charge in [-0.3, -0.25) is 4.79 Å². The van der Waals surface area contributed by atoms with Gasteiger partial charge in [0.25, 0.3) is 0 Å². The summed E-state index contributed by atoms with van der Waals surface area (Å²) in [5, 5.41) is 39.9. The third kappa shape index (κ3) is 26.4. The molecule has 51 heavy (non-hydrogen) atoms. The maximum Gasteiger partial charge on any atom is 0.306 e. The first-order valence-electron chi connectivity index (χ1n) is 21.3. The summed E-state index contributed by atoms with van der Waals surface area (Å²) in [4.78, 5) is 12.6. The molecule has 0 aromatic carbocycles. The zero-order valence-corrected chi connectivity index (χ0v) is 32.9. The molecule has 0 radical (unpaired) electrons. The molecule has 1 aliphatic heterocycles. The van der Waals surface area contributed by atoms with Gasteiger partial charge < -0.3 is 39.4 Å². The predicted octanol–water partition coefficient (Wildman–Crippen LogP) is 8.86. The molecular formula is C42H80O9. The average molecular weight is 729 g/mol. The molecule has 1 saturated heterocycles. The van der Waals surface area contributed by atoms with Crippen LogP contribution in [-0.2, 0) is 23.7 Å². The van der Waals surface area contributed by atoms with E-state index in [0.29, 0.717) is 13.0 Å². The summed E-state index contributed by atoms with van der Waals surface area (Å²) < 4.78 is 22.6. The first kappa shape index (κ1) is 48.0. The van der Waals surface area contributed by atoms with Crippen molar-refractivity contribution < 1.29 is 44.2 Å². The fraction of sp³-hybridized carbons (Fsp3) is 0.929. The zero-order valence-electron chi connectivity index (χ0n) is 32.9. The van der Waals surface area contributed by atoms with Crippen LogP contribution in [0.1, 0.15) is 187 Å². The van der Waals surface area contributed by atoms with Crippen molar-refractivity contribution in [2.24, 2.45) is 0 Å². The Bertz CT molecular complexity index is 792. The van der Waals surface area contributed by atoms with E-state index in [2.05, 4.69) is 26.0 Å². The van der Waals surface area contributed by atoms with E-state index in [0.717, 1.165) is 32.1 Å². The van der Waals surface area contributed by atoms with Crippen molar-refractivity contribution in [1.29, 1.82) is 0 Å². The monoisotopic (exact) mass is 729 g/mol. The van der Waals surface area contributed by atoms with E-state index >= 15 is 0 Å². The average Bonchev–Trinajstić information content (AvgIpc) is 3.13. The first-order valence-corrected chi connectivity index (χ1v) is 21.3. The van der Waals surface area contributed by atoms with Gasteiger partial charge in [-0.05, 0) is 38.5 Å². The Kier molecular flexibility index (Phi) is 32.6. The van der Waals surface area contributed by atoms with E-state index in [1.807, 2.05) is 0 Å². The van der Waals surface area contributed by atoms with E-state index in [1.54, 1.807) is 0 Å². The second kappa shape index (κ2) is 34.7. The molecule has 4 N–H and O–H groups in total. The number of ether oxygens (including phenoxy) is 4. The number of allylic oxidation sites excluding steroid dienone is 2. The lowest BCUT2D eigenvalue weighted by atomic mass is 9.99. The number of rotatable bonds is 36. The normalized spacial score (nSPS) is 21.4. The number of aliphatic hydroxyl groups excluding tert-OH is 4. The molecule has 1 aliphatic rings. The maximum absolute atomic E-state index is 12.6. The molecule has 0 aromatic rings. The Morgan fingerprint density at radius 2 is 1.08 bits per heavy atom. The highest BCUT2D eigenvalue weighted by Crippen LogP contribution is 2.22. The molecular weight excluding hydrogens is 648 g/mol. The summed E-state index contributed by atoms with van der Waals surface area (Å²) in [6.45, 7) is 4.50. The Labute approximate surface area is 312 Å². The van der Waals surface area contributed by atoms with Gasteiger partial charge in [0, 0.05) is 13.0 Å². The van der Waals surface area contributed by atoms with Gasteiger partial charge in [0.1, 0.15) is 30.5 Å². The summed E-state index contributed by atoms with van der Waals surface area (Å²) in [5.74, 6) is -0.322. The quantitative estimate of drug-likeness (QED) is 0.0284. The maximum atomic E-state index is 12.6. The molecule has 9 nitrogen and oxygen atoms in total. The van der Waals surface area contributed by atoms with Crippen LogP contribution in [0, 0.1) is 0 Å². The van der Waals surface area contributed by atoms with E-state index in [9.17, 15) is 25.2 Å². The van der Waals surface area contributed by atoms with Gasteiger partial charge in [0.15, 0.2) is 6.29 Å². The number of aliphatic hydroxyl groups is 4. The minimum Gasteiger partial charge on any atom is -0.457 e. The van der Waals surface area contributed by atoms with E-state index in [4.69, 9.17) is 18.9 Å². The Balaban J connectivity index is 2.14. The Morgan fingerprint density at radius 3 is 1.59 bits per heavy atom. The number of hydrogen-bond donors (Lipinski definition) is 4. The molecule has 0 aromatic heterocycles. The lowest BCUT2D eigenvalue weighted by Gasteiger charge is -2.39. The van der Waals surface area contributed by atoms with Crippen molar-refractivity contribution >= 4 is 5.97 Å². The van der Waals surface area contributed by atoms with Crippen LogP contribution in [0.15, 0.2) is 12.2 Å². The largest absolute Gasteiger partial charge is 0.457 e. The smallest absolute Gasteiger partial charge is 0.306 e. The van der Waals surface area contributed by atoms with Crippen LogP contribution in [0.4, 0.5) is 0 Å². The molecule has 9 heteroatoms. The van der Waals surface area contributed by atoms with Gasteiger partial charge in [-0.1, -0.05) is 154 Å². The van der Waals surface area contributed by atoms with Crippen molar-refractivity contribution in [2.45, 2.75) is 224 Å². The van der Waals surface area contributed by atoms with Gasteiger partial charge in [-0.15, -0.1) is 0 Å². The highest BCUT2D eigenvalue weighted by atomic mass is 16.7. The van der Waals surface area contributed by atoms with Crippen molar-refractivity contribution in [3.63, 3.8) is 0 Å². The van der Waals surface area contributed by atoms with Gasteiger partial charge in [-0.25, -0.2) is 0 Å². The number of esters is 1. The number of hydrogen-bond acceptors (Lipinski definition) is 9. The van der Waals surface area contributed by atoms with Crippen LogP contribution < -0.4 is 0 Å². The van der Waals surface area contributed by atoms with Crippen molar-refractivity contribution in [3.05, 3.63) is 12.2 Å². The van der Waals surface area contributed by atoms with Crippen LogP contribution in [0.3, 0.4) is 0 Å². The second-order valence-electron chi connectivity index (χ2n) is 14.8. The zero-order chi connectivity index (χ0) is 37.2. The summed E-state index contributed by atoms with van der Waals surface area (Å²) in [6.07, 6.45) is 29.9. The molecule has 1 fully saturated rings. The number of carbonyl (C=O) groups is 1. The lowest BCUT2D eigenvalue weighted by molar-refractivity contribution is -0.305. The van der Waals surface area contributed by atoms with Crippen LogP contribution in [0.2, 0.25) is 0 Å². The number of carbonyl (C=O) groups excluding carboxylic acids is 1. The fourth-order valence-electron chi connectivity index (χ4n) is 6.54. The van der Waals surface area contributed by atoms with Gasteiger partial charge in [0.05, 0.1) is 19.8 Å². The molecule has 6 atom stereocenters.